The highest BCUT2D eigenvalue weighted by molar-refractivity contribution is 7.85. The fourth-order valence-corrected chi connectivity index (χ4v) is 16.3. The number of carbonyl (C=O) groups is 2. The van der Waals surface area contributed by atoms with Gasteiger partial charge in [-0.1, -0.05) is 96.5 Å². The van der Waals surface area contributed by atoms with Crippen LogP contribution in [0.3, 0.4) is 0 Å². The van der Waals surface area contributed by atoms with Crippen molar-refractivity contribution < 1.29 is 22.9 Å². The molecule has 1 aromatic rings. The monoisotopic (exact) mass is 843 g/mol. The number of alkyl halides is 1. The molecule has 3 saturated carbocycles. The topological polar surface area (TPSA) is 75.7 Å². The number of carbonyl (C=O) groups excluding carboxylic acids is 2. The van der Waals surface area contributed by atoms with Crippen LogP contribution in [0.5, 0.6) is 0 Å². The number of allylic oxidation sites excluding steroid dienone is 5. The van der Waals surface area contributed by atoms with Gasteiger partial charge in [-0.15, -0.1) is 0 Å². The van der Waals surface area contributed by atoms with E-state index in [2.05, 4.69) is 70.8 Å². The van der Waals surface area contributed by atoms with Crippen molar-refractivity contribution >= 4 is 22.6 Å². The fourth-order valence-electron chi connectivity index (χ4n) is 15.1. The molecule has 0 amide bonds. The van der Waals surface area contributed by atoms with Crippen molar-refractivity contribution in [1.82, 2.24) is 10.2 Å². The predicted molar refractivity (Wildman–Crippen MR) is 241 cm³/mol. The number of rotatable bonds is 12. The summed E-state index contributed by atoms with van der Waals surface area (Å²) in [5.41, 5.74) is 5.64. The second kappa shape index (κ2) is 16.6. The summed E-state index contributed by atoms with van der Waals surface area (Å²) in [5.74, 6) is 3.42. The zero-order chi connectivity index (χ0) is 42.7. The normalized spacial score (nSPS) is 38.1. The summed E-state index contributed by atoms with van der Waals surface area (Å²) in [7, 11) is -0.641. The molecule has 8 atom stereocenters. The highest BCUT2D eigenvalue weighted by atomic mass is 32.2. The Morgan fingerprint density at radius 2 is 1.68 bits per heavy atom. The van der Waals surface area contributed by atoms with Gasteiger partial charge in [-0.05, 0) is 151 Å². The molecule has 60 heavy (non-hydrogen) atoms. The first-order valence-corrected chi connectivity index (χ1v) is 25.3. The molecule has 0 radical (unpaired) electrons. The van der Waals surface area contributed by atoms with Crippen molar-refractivity contribution in [2.45, 2.75) is 132 Å². The number of hydrogen-bond donors (Lipinski definition) is 1. The quantitative estimate of drug-likeness (QED) is 0.167. The molecule has 1 aliphatic heterocycles. The van der Waals surface area contributed by atoms with Crippen molar-refractivity contribution in [3.8, 4) is 0 Å². The Hall–Kier alpha value is -2.42. The maximum Gasteiger partial charge on any atom is 0.315 e. The number of esters is 1. The number of benzene rings is 1. The van der Waals surface area contributed by atoms with E-state index in [1.54, 1.807) is 5.57 Å². The molecule has 7 aliphatic rings. The van der Waals surface area contributed by atoms with Gasteiger partial charge in [-0.3, -0.25) is 13.8 Å². The number of fused-ring (bicyclic) bond motifs is 7. The number of Topliss-reactive ketones (excluding diaryl/α,β-unsaturated/α-hetero) is 1. The number of nitrogens with zero attached hydrogens (tertiary/aromatic N) is 1. The third-order valence-electron chi connectivity index (χ3n) is 18.6. The van der Waals surface area contributed by atoms with Gasteiger partial charge >= 0.3 is 5.97 Å². The van der Waals surface area contributed by atoms with Crippen LogP contribution in [0.15, 0.2) is 64.8 Å². The minimum absolute atomic E-state index is 0.0349. The second-order valence-electron chi connectivity index (χ2n) is 22.1. The molecule has 330 valence electrons. The van der Waals surface area contributed by atoms with Gasteiger partial charge in [0.15, 0.2) is 5.78 Å². The van der Waals surface area contributed by atoms with Gasteiger partial charge in [0, 0.05) is 53.8 Å². The summed E-state index contributed by atoms with van der Waals surface area (Å²) < 4.78 is 32.4. The Balaban J connectivity index is 0.992. The minimum atomic E-state index is -1.10. The number of halogens is 1. The fraction of sp³-hybridized carbons (Fsp3) is 0.731. The van der Waals surface area contributed by atoms with Gasteiger partial charge in [0.1, 0.15) is 13.3 Å². The van der Waals surface area contributed by atoms with Gasteiger partial charge < -0.3 is 15.0 Å². The molecular weight excluding hydrogens is 768 g/mol. The summed E-state index contributed by atoms with van der Waals surface area (Å²) in [6, 6.07) is 9.66. The lowest BCUT2D eigenvalue weighted by Gasteiger charge is -2.71. The average molecular weight is 843 g/mol. The highest BCUT2D eigenvalue weighted by Gasteiger charge is 2.69. The van der Waals surface area contributed by atoms with E-state index in [1.165, 1.54) is 48.8 Å². The van der Waals surface area contributed by atoms with Crippen molar-refractivity contribution in [2.24, 2.45) is 56.2 Å². The van der Waals surface area contributed by atoms with Crippen LogP contribution in [0.25, 0.3) is 0 Å². The SMILES string of the molecule is CC(C)C1=C2[C@H]3CC[C@@H]4[C@@]5(C)CC=C(C6=CC[C@](CF)(C(=O)OCc7ccccc7)CC6)C(C)(C)[C@@H]5CC[C@@]4(C)[C@]3(C)CC[C@@]2(CNCCCN2CCS(=O)CC2)CC1=O. The molecule has 8 rings (SSSR count). The average Bonchev–Trinajstić information content (AvgIpc) is 3.53. The highest BCUT2D eigenvalue weighted by Crippen LogP contribution is 2.76. The Morgan fingerprint density at radius 1 is 0.933 bits per heavy atom. The predicted octanol–water partition coefficient (Wildman–Crippen LogP) is 10.4. The molecule has 0 unspecified atom stereocenters. The zero-order valence-electron chi connectivity index (χ0n) is 38.1. The first kappa shape index (κ1) is 44.2. The largest absolute Gasteiger partial charge is 0.460 e. The zero-order valence-corrected chi connectivity index (χ0v) is 38.9. The van der Waals surface area contributed by atoms with Crippen molar-refractivity contribution in [1.29, 1.82) is 0 Å². The second-order valence-corrected chi connectivity index (χ2v) is 23.8. The van der Waals surface area contributed by atoms with E-state index in [4.69, 9.17) is 4.74 Å². The molecule has 6 aliphatic carbocycles. The Bertz CT molecular complexity index is 1930. The molecule has 1 N–H and O–H groups in total. The van der Waals surface area contributed by atoms with Gasteiger partial charge in [0.25, 0.3) is 0 Å². The van der Waals surface area contributed by atoms with Crippen LogP contribution in [0.2, 0.25) is 0 Å². The number of ketones is 1. The molecule has 8 heteroatoms. The summed E-state index contributed by atoms with van der Waals surface area (Å²) >= 11 is 0. The van der Waals surface area contributed by atoms with Crippen molar-refractivity contribution in [2.75, 3.05) is 50.9 Å². The van der Waals surface area contributed by atoms with Crippen LogP contribution in [-0.4, -0.2) is 71.8 Å². The van der Waals surface area contributed by atoms with Crippen LogP contribution >= 0.6 is 0 Å². The first-order chi connectivity index (χ1) is 28.5. The van der Waals surface area contributed by atoms with Crippen LogP contribution in [0.1, 0.15) is 131 Å². The van der Waals surface area contributed by atoms with E-state index in [-0.39, 0.29) is 39.6 Å². The van der Waals surface area contributed by atoms with E-state index in [0.29, 0.717) is 49.2 Å². The summed E-state index contributed by atoms with van der Waals surface area (Å²) in [5, 5.41) is 3.90. The number of nitrogens with one attached hydrogen (secondary N) is 1. The Kier molecular flexibility index (Phi) is 12.2. The lowest BCUT2D eigenvalue weighted by Crippen LogP contribution is -2.64. The Morgan fingerprint density at radius 3 is 2.37 bits per heavy atom. The summed E-state index contributed by atoms with van der Waals surface area (Å²) in [4.78, 5) is 30.0. The maximum absolute atomic E-state index is 14.8. The van der Waals surface area contributed by atoms with E-state index >= 15 is 0 Å². The van der Waals surface area contributed by atoms with Crippen LogP contribution < -0.4 is 5.32 Å². The van der Waals surface area contributed by atoms with Gasteiger partial charge in [0.05, 0.1) is 5.41 Å². The number of ether oxygens (including phenoxy) is 1. The lowest BCUT2D eigenvalue weighted by molar-refractivity contribution is -0.198. The maximum atomic E-state index is 14.8. The molecule has 4 fully saturated rings. The molecule has 0 aromatic heterocycles. The van der Waals surface area contributed by atoms with Gasteiger partial charge in [-0.2, -0.15) is 0 Å². The third-order valence-corrected chi connectivity index (χ3v) is 19.8. The molecule has 0 spiro atoms. The van der Waals surface area contributed by atoms with E-state index in [1.807, 2.05) is 30.3 Å². The lowest BCUT2D eigenvalue weighted by atomic mass is 9.33. The first-order valence-electron chi connectivity index (χ1n) is 23.8. The smallest absolute Gasteiger partial charge is 0.315 e. The molecule has 6 nitrogen and oxygen atoms in total. The summed E-state index contributed by atoms with van der Waals surface area (Å²) in [6.07, 6.45) is 16.2. The Labute approximate surface area is 363 Å². The molecule has 1 aromatic carbocycles. The van der Waals surface area contributed by atoms with E-state index in [0.717, 1.165) is 69.1 Å². The van der Waals surface area contributed by atoms with Crippen molar-refractivity contribution in [3.63, 3.8) is 0 Å². The molecule has 0 bridgehead atoms. The number of hydrogen-bond acceptors (Lipinski definition) is 6. The molecule has 1 saturated heterocycles. The standard InChI is InChI=1S/C52H75FN2O4S/c1-36(2)44-41(56)32-52(35-54-26-11-27-55-28-30-60(58)31-29-55)25-24-49(6)40(45(44)52)14-15-43-48(5)20-18-39(47(3,4)42(48)19-21-50(43,49)7)38-16-22-51(34-53,23-17-38)46(57)59-33-37-12-9-8-10-13-37/h8-10,12-13,16,18,36,40,42-43,54H,11,14-15,17,19-35H2,1-7H3/t40-,42+,43-,48+,49-,50-,51+,52+/m1/s1. The molecular formula is C52H75FN2O4S. The van der Waals surface area contributed by atoms with Gasteiger partial charge in [0.2, 0.25) is 0 Å². The van der Waals surface area contributed by atoms with Crippen LogP contribution in [-0.2, 0) is 31.7 Å². The van der Waals surface area contributed by atoms with E-state index in [9.17, 15) is 18.2 Å². The van der Waals surface area contributed by atoms with Crippen LogP contribution in [0, 0.1) is 56.2 Å². The molecule has 1 heterocycles. The van der Waals surface area contributed by atoms with Crippen LogP contribution in [0.4, 0.5) is 4.39 Å². The minimum Gasteiger partial charge on any atom is -0.460 e. The summed E-state index contributed by atoms with van der Waals surface area (Å²) in [6.45, 7) is 21.7. The van der Waals surface area contributed by atoms with E-state index < -0.39 is 28.9 Å². The van der Waals surface area contributed by atoms with Crippen molar-refractivity contribution in [3.05, 3.63) is 70.3 Å². The third kappa shape index (κ3) is 7.30. The van der Waals surface area contributed by atoms with Gasteiger partial charge in [-0.25, -0.2) is 4.39 Å².